The first kappa shape index (κ1) is 11.4. The zero-order chi connectivity index (χ0) is 11.4. The van der Waals surface area contributed by atoms with Crippen molar-refractivity contribution in [1.29, 1.82) is 0 Å². The Bertz CT molecular complexity index is 312. The first-order valence-corrected chi connectivity index (χ1v) is 6.36. The highest BCUT2D eigenvalue weighted by molar-refractivity contribution is 5.34. The number of nitrogens with one attached hydrogen (secondary N) is 1. The molecule has 0 amide bonds. The van der Waals surface area contributed by atoms with Crippen molar-refractivity contribution in [2.75, 3.05) is 5.32 Å². The highest BCUT2D eigenvalue weighted by Gasteiger charge is 2.16. The Morgan fingerprint density at radius 1 is 1.12 bits per heavy atom. The summed E-state index contributed by atoms with van der Waals surface area (Å²) < 4.78 is 0. The molecule has 0 unspecified atom stereocenters. The molecule has 1 saturated carbocycles. The van der Waals surface area contributed by atoms with Crippen molar-refractivity contribution in [3.63, 3.8) is 0 Å². The summed E-state index contributed by atoms with van der Waals surface area (Å²) in [5.74, 6) is 1.53. The average Bonchev–Trinajstić information content (AvgIpc) is 2.30. The molecule has 1 aromatic heterocycles. The van der Waals surface area contributed by atoms with E-state index in [4.69, 9.17) is 0 Å². The van der Waals surface area contributed by atoms with Crippen molar-refractivity contribution in [3.05, 3.63) is 17.8 Å². The van der Waals surface area contributed by atoms with Gasteiger partial charge in [0.2, 0.25) is 0 Å². The predicted octanol–water partition coefficient (Wildman–Crippen LogP) is 3.34. The van der Waals surface area contributed by atoms with Crippen LogP contribution in [0.3, 0.4) is 0 Å². The molecule has 1 aromatic rings. The molecule has 88 valence electrons. The first-order chi connectivity index (χ1) is 7.75. The Morgan fingerprint density at radius 2 is 1.88 bits per heavy atom. The molecule has 1 N–H and O–H groups in total. The van der Waals surface area contributed by atoms with Gasteiger partial charge < -0.3 is 5.32 Å². The van der Waals surface area contributed by atoms with Crippen molar-refractivity contribution in [2.45, 2.75) is 57.9 Å². The summed E-state index contributed by atoms with van der Waals surface area (Å²) >= 11 is 0. The Labute approximate surface area is 97.7 Å². The zero-order valence-electron chi connectivity index (χ0n) is 10.2. The van der Waals surface area contributed by atoms with Gasteiger partial charge in [0.1, 0.15) is 5.82 Å². The molecule has 0 bridgehead atoms. The second-order valence-electron chi connectivity index (χ2n) is 4.98. The first-order valence-electron chi connectivity index (χ1n) is 6.36. The minimum Gasteiger partial charge on any atom is -0.366 e. The maximum absolute atomic E-state index is 4.34. The van der Waals surface area contributed by atoms with E-state index in [1.54, 1.807) is 0 Å². The van der Waals surface area contributed by atoms with Crippen LogP contribution in [-0.2, 0) is 0 Å². The molecule has 0 saturated heterocycles. The van der Waals surface area contributed by atoms with Crippen LogP contribution in [0, 0.1) is 0 Å². The maximum Gasteiger partial charge on any atom is 0.148 e. The van der Waals surface area contributed by atoms with Gasteiger partial charge in [0.05, 0.1) is 5.69 Å². The SMILES string of the molecule is CC(C)Nc1ccc(C2CCCCC2)nn1. The van der Waals surface area contributed by atoms with Crippen LogP contribution in [0.15, 0.2) is 12.1 Å². The molecular formula is C13H21N3. The number of hydrogen-bond acceptors (Lipinski definition) is 3. The molecule has 0 radical (unpaired) electrons. The van der Waals surface area contributed by atoms with Crippen LogP contribution in [0.2, 0.25) is 0 Å². The number of nitrogens with zero attached hydrogens (tertiary/aromatic N) is 2. The number of anilines is 1. The molecule has 0 aliphatic heterocycles. The van der Waals surface area contributed by atoms with Crippen molar-refractivity contribution in [1.82, 2.24) is 10.2 Å². The second-order valence-corrected chi connectivity index (χ2v) is 4.98. The summed E-state index contributed by atoms with van der Waals surface area (Å²) in [6.07, 6.45) is 6.64. The molecule has 0 atom stereocenters. The lowest BCUT2D eigenvalue weighted by Crippen LogP contribution is -2.13. The van der Waals surface area contributed by atoms with Gasteiger partial charge in [-0.15, -0.1) is 5.10 Å². The molecule has 1 heterocycles. The van der Waals surface area contributed by atoms with Gasteiger partial charge in [-0.25, -0.2) is 0 Å². The molecule has 1 aliphatic carbocycles. The van der Waals surface area contributed by atoms with Crippen molar-refractivity contribution in [2.24, 2.45) is 0 Å². The van der Waals surface area contributed by atoms with E-state index in [1.807, 2.05) is 0 Å². The third-order valence-electron chi connectivity index (χ3n) is 3.15. The molecular weight excluding hydrogens is 198 g/mol. The van der Waals surface area contributed by atoms with Crippen molar-refractivity contribution < 1.29 is 0 Å². The third-order valence-corrected chi connectivity index (χ3v) is 3.15. The van der Waals surface area contributed by atoms with Gasteiger partial charge in [0, 0.05) is 12.0 Å². The smallest absolute Gasteiger partial charge is 0.148 e. The van der Waals surface area contributed by atoms with Gasteiger partial charge in [-0.2, -0.15) is 5.10 Å². The van der Waals surface area contributed by atoms with Crippen LogP contribution in [0.5, 0.6) is 0 Å². The quantitative estimate of drug-likeness (QED) is 0.847. The number of hydrogen-bond donors (Lipinski definition) is 1. The molecule has 3 nitrogen and oxygen atoms in total. The van der Waals surface area contributed by atoms with Gasteiger partial charge >= 0.3 is 0 Å². The zero-order valence-corrected chi connectivity index (χ0v) is 10.2. The van der Waals surface area contributed by atoms with Gasteiger partial charge in [-0.3, -0.25) is 0 Å². The molecule has 0 aromatic carbocycles. The molecule has 3 heteroatoms. The summed E-state index contributed by atoms with van der Waals surface area (Å²) in [5.41, 5.74) is 1.18. The summed E-state index contributed by atoms with van der Waals surface area (Å²) in [7, 11) is 0. The summed E-state index contributed by atoms with van der Waals surface area (Å²) in [6, 6.07) is 4.60. The Kier molecular flexibility index (Phi) is 3.75. The van der Waals surface area contributed by atoms with Gasteiger partial charge in [0.25, 0.3) is 0 Å². The topological polar surface area (TPSA) is 37.8 Å². The monoisotopic (exact) mass is 219 g/mol. The van der Waals surface area contributed by atoms with E-state index in [9.17, 15) is 0 Å². The number of aromatic nitrogens is 2. The lowest BCUT2D eigenvalue weighted by molar-refractivity contribution is 0.434. The van der Waals surface area contributed by atoms with Crippen molar-refractivity contribution in [3.8, 4) is 0 Å². The number of rotatable bonds is 3. The molecule has 0 spiro atoms. The normalized spacial score (nSPS) is 17.7. The van der Waals surface area contributed by atoms with E-state index >= 15 is 0 Å². The van der Waals surface area contributed by atoms with Crippen LogP contribution < -0.4 is 5.32 Å². The lowest BCUT2D eigenvalue weighted by atomic mass is 9.87. The fourth-order valence-corrected chi connectivity index (χ4v) is 2.33. The van der Waals surface area contributed by atoms with Crippen LogP contribution >= 0.6 is 0 Å². The summed E-state index contributed by atoms with van der Waals surface area (Å²) in [6.45, 7) is 4.22. The van der Waals surface area contributed by atoms with Gasteiger partial charge in [-0.1, -0.05) is 19.3 Å². The highest BCUT2D eigenvalue weighted by Crippen LogP contribution is 2.31. The lowest BCUT2D eigenvalue weighted by Gasteiger charge is -2.20. The minimum absolute atomic E-state index is 0.412. The second kappa shape index (κ2) is 5.28. The fourth-order valence-electron chi connectivity index (χ4n) is 2.33. The molecule has 2 rings (SSSR count). The van der Waals surface area contributed by atoms with E-state index < -0.39 is 0 Å². The summed E-state index contributed by atoms with van der Waals surface area (Å²) in [5, 5.41) is 11.8. The van der Waals surface area contributed by atoms with Crippen LogP contribution in [0.4, 0.5) is 5.82 Å². The Morgan fingerprint density at radius 3 is 2.44 bits per heavy atom. The van der Waals surface area contributed by atoms with Crippen LogP contribution in [0.1, 0.15) is 57.6 Å². The van der Waals surface area contributed by atoms with Crippen LogP contribution in [-0.4, -0.2) is 16.2 Å². The van der Waals surface area contributed by atoms with Gasteiger partial charge in [0.15, 0.2) is 0 Å². The minimum atomic E-state index is 0.412. The molecule has 16 heavy (non-hydrogen) atoms. The van der Waals surface area contributed by atoms with Crippen LogP contribution in [0.25, 0.3) is 0 Å². The van der Waals surface area contributed by atoms with E-state index in [0.717, 1.165) is 5.82 Å². The van der Waals surface area contributed by atoms with E-state index in [0.29, 0.717) is 12.0 Å². The third kappa shape index (κ3) is 2.94. The van der Waals surface area contributed by atoms with E-state index in [2.05, 4.69) is 41.5 Å². The van der Waals surface area contributed by atoms with E-state index in [-0.39, 0.29) is 0 Å². The predicted molar refractivity (Wildman–Crippen MR) is 66.6 cm³/mol. The van der Waals surface area contributed by atoms with Crippen molar-refractivity contribution >= 4 is 5.82 Å². The maximum atomic E-state index is 4.34. The molecule has 1 aliphatic rings. The Hall–Kier alpha value is -1.12. The largest absolute Gasteiger partial charge is 0.366 e. The van der Waals surface area contributed by atoms with Gasteiger partial charge in [-0.05, 0) is 38.8 Å². The summed E-state index contributed by atoms with van der Waals surface area (Å²) in [4.78, 5) is 0. The molecule has 1 fully saturated rings. The Balaban J connectivity index is 2.00. The average molecular weight is 219 g/mol. The highest BCUT2D eigenvalue weighted by atomic mass is 15.2. The standard InChI is InChI=1S/C13H21N3/c1-10(2)14-13-9-8-12(15-16-13)11-6-4-3-5-7-11/h8-11H,3-7H2,1-2H3,(H,14,16). The fraction of sp³-hybridized carbons (Fsp3) is 0.692. The van der Waals surface area contributed by atoms with E-state index in [1.165, 1.54) is 37.8 Å².